The largest absolute Gasteiger partial charge is 0.210 e. The Labute approximate surface area is 85.3 Å². The third kappa shape index (κ3) is 1.85. The summed E-state index contributed by atoms with van der Waals surface area (Å²) in [4.78, 5) is 0. The molecule has 0 heterocycles. The summed E-state index contributed by atoms with van der Waals surface area (Å²) in [5, 5.41) is 0.311. The molecule has 0 atom stereocenters. The third-order valence-electron chi connectivity index (χ3n) is 1.56. The van der Waals surface area contributed by atoms with Gasteiger partial charge in [-0.05, 0) is 12.5 Å². The molecule has 0 saturated carbocycles. The van der Waals surface area contributed by atoms with Crippen molar-refractivity contribution in [2.75, 3.05) is 0 Å². The zero-order valence-electron chi connectivity index (χ0n) is 6.30. The van der Waals surface area contributed by atoms with E-state index in [-0.39, 0.29) is 16.5 Å². The fourth-order valence-electron chi connectivity index (χ4n) is 0.810. The maximum absolute atomic E-state index is 13.0. The van der Waals surface area contributed by atoms with Crippen LogP contribution in [0.2, 0.25) is 0 Å². The molecule has 1 rings (SSSR count). The first kappa shape index (κ1) is 10.1. The van der Waals surface area contributed by atoms with Gasteiger partial charge in [0.05, 0.1) is 15.1 Å². The quantitative estimate of drug-likeness (QED) is 0.574. The lowest BCUT2D eigenvalue weighted by atomic mass is 10.2. The Balaban J connectivity index is 3.23. The summed E-state index contributed by atoms with van der Waals surface area (Å²) < 4.78 is 13.0. The molecule has 0 radical (unpaired) electrons. The van der Waals surface area contributed by atoms with Crippen LogP contribution in [0.5, 0.6) is 0 Å². The van der Waals surface area contributed by atoms with Gasteiger partial charge < -0.3 is 0 Å². The van der Waals surface area contributed by atoms with Crippen molar-refractivity contribution < 1.29 is 4.39 Å². The second-order valence-electron chi connectivity index (χ2n) is 2.44. The van der Waals surface area contributed by atoms with Gasteiger partial charge in [0, 0.05) is 6.42 Å². The fourth-order valence-corrected chi connectivity index (χ4v) is 1.45. The van der Waals surface area contributed by atoms with Crippen LogP contribution in [0.3, 0.4) is 0 Å². The normalized spacial score (nSPS) is 19.6. The second kappa shape index (κ2) is 3.82. The second-order valence-corrected chi connectivity index (χ2v) is 3.57. The van der Waals surface area contributed by atoms with E-state index in [2.05, 4.69) is 0 Å². The van der Waals surface area contributed by atoms with Crippen LogP contribution in [0.4, 0.5) is 4.39 Å². The van der Waals surface area contributed by atoms with Crippen molar-refractivity contribution in [2.24, 2.45) is 0 Å². The zero-order valence-corrected chi connectivity index (χ0v) is 8.56. The van der Waals surface area contributed by atoms with Gasteiger partial charge in [-0.25, -0.2) is 4.39 Å². The van der Waals surface area contributed by atoms with Gasteiger partial charge in [0.15, 0.2) is 0 Å². The molecule has 0 spiro atoms. The Morgan fingerprint density at radius 2 is 1.75 bits per heavy atom. The fraction of sp³-hybridized carbons (Fsp3) is 0.250. The third-order valence-corrected chi connectivity index (χ3v) is 3.01. The van der Waals surface area contributed by atoms with Gasteiger partial charge in [-0.2, -0.15) is 0 Å². The van der Waals surface area contributed by atoms with Crippen LogP contribution >= 0.6 is 34.8 Å². The summed E-state index contributed by atoms with van der Waals surface area (Å²) in [5.74, 6) is -0.448. The van der Waals surface area contributed by atoms with Gasteiger partial charge in [0.2, 0.25) is 0 Å². The highest BCUT2D eigenvalue weighted by Crippen LogP contribution is 2.35. The van der Waals surface area contributed by atoms with Crippen LogP contribution < -0.4 is 0 Å². The van der Waals surface area contributed by atoms with Crippen molar-refractivity contribution in [1.82, 2.24) is 0 Å². The Bertz CT molecular complexity index is 299. The van der Waals surface area contributed by atoms with Gasteiger partial charge in [-0.15, -0.1) is 0 Å². The SMILES string of the molecule is CC1=CCC(F)=C(Cl)C(Cl)=C1Cl. The molecular weight excluding hydrogens is 221 g/mol. The lowest BCUT2D eigenvalue weighted by Crippen LogP contribution is -1.80. The molecular formula is C8H6Cl3F. The maximum Gasteiger partial charge on any atom is 0.124 e. The van der Waals surface area contributed by atoms with Crippen LogP contribution in [-0.4, -0.2) is 0 Å². The van der Waals surface area contributed by atoms with E-state index < -0.39 is 5.83 Å². The lowest BCUT2D eigenvalue weighted by Gasteiger charge is -1.99. The minimum Gasteiger partial charge on any atom is -0.210 e. The first-order valence-electron chi connectivity index (χ1n) is 3.31. The number of halogens is 4. The molecule has 4 heteroatoms. The van der Waals surface area contributed by atoms with Crippen molar-refractivity contribution in [2.45, 2.75) is 13.3 Å². The topological polar surface area (TPSA) is 0 Å². The van der Waals surface area contributed by atoms with E-state index in [1.807, 2.05) is 0 Å². The molecule has 1 aliphatic rings. The van der Waals surface area contributed by atoms with Crippen molar-refractivity contribution in [3.63, 3.8) is 0 Å². The highest BCUT2D eigenvalue weighted by atomic mass is 35.5. The van der Waals surface area contributed by atoms with E-state index in [9.17, 15) is 4.39 Å². The Kier molecular flexibility index (Phi) is 3.22. The molecule has 0 aliphatic heterocycles. The molecule has 1 aliphatic carbocycles. The molecule has 0 nitrogen and oxygen atoms in total. The van der Waals surface area contributed by atoms with E-state index in [4.69, 9.17) is 34.8 Å². The summed E-state index contributed by atoms with van der Waals surface area (Å²) in [6.45, 7) is 1.76. The average Bonchev–Trinajstić information content (AvgIpc) is 2.14. The van der Waals surface area contributed by atoms with E-state index in [0.717, 1.165) is 5.57 Å². The smallest absolute Gasteiger partial charge is 0.124 e. The number of hydrogen-bond acceptors (Lipinski definition) is 0. The molecule has 0 aromatic carbocycles. The van der Waals surface area contributed by atoms with Crippen LogP contribution in [0.15, 0.2) is 32.6 Å². The van der Waals surface area contributed by atoms with Gasteiger partial charge in [-0.3, -0.25) is 0 Å². The Morgan fingerprint density at radius 1 is 1.17 bits per heavy atom. The molecule has 0 amide bonds. The lowest BCUT2D eigenvalue weighted by molar-refractivity contribution is 0.615. The van der Waals surface area contributed by atoms with Crippen LogP contribution in [-0.2, 0) is 0 Å². The van der Waals surface area contributed by atoms with Crippen molar-refractivity contribution in [3.05, 3.63) is 32.6 Å². The van der Waals surface area contributed by atoms with Crippen LogP contribution in [0.25, 0.3) is 0 Å². The van der Waals surface area contributed by atoms with Crippen molar-refractivity contribution in [3.8, 4) is 0 Å². The number of allylic oxidation sites excluding steroid dienone is 6. The molecule has 0 aromatic rings. The van der Waals surface area contributed by atoms with Gasteiger partial charge in [-0.1, -0.05) is 40.9 Å². The summed E-state index contributed by atoms with van der Waals surface area (Å²) in [5.41, 5.74) is 0.743. The van der Waals surface area contributed by atoms with Crippen molar-refractivity contribution in [1.29, 1.82) is 0 Å². The molecule has 0 fully saturated rings. The molecule has 66 valence electrons. The summed E-state index contributed by atoms with van der Waals surface area (Å²) >= 11 is 17.0. The highest BCUT2D eigenvalue weighted by Gasteiger charge is 2.15. The van der Waals surface area contributed by atoms with E-state index in [1.54, 1.807) is 13.0 Å². The monoisotopic (exact) mass is 226 g/mol. The van der Waals surface area contributed by atoms with Gasteiger partial charge in [0.25, 0.3) is 0 Å². The Morgan fingerprint density at radius 3 is 2.33 bits per heavy atom. The average molecular weight is 227 g/mol. The summed E-state index contributed by atoms with van der Waals surface area (Å²) in [7, 11) is 0. The summed E-state index contributed by atoms with van der Waals surface area (Å²) in [6.07, 6.45) is 1.80. The molecule has 0 N–H and O–H groups in total. The van der Waals surface area contributed by atoms with E-state index >= 15 is 0 Å². The van der Waals surface area contributed by atoms with Crippen LogP contribution in [0.1, 0.15) is 13.3 Å². The molecule has 0 saturated heterocycles. The van der Waals surface area contributed by atoms with Gasteiger partial charge >= 0.3 is 0 Å². The first-order chi connectivity index (χ1) is 5.54. The zero-order chi connectivity index (χ0) is 9.30. The molecule has 0 bridgehead atoms. The maximum atomic E-state index is 13.0. The van der Waals surface area contributed by atoms with Gasteiger partial charge in [0.1, 0.15) is 5.83 Å². The minimum atomic E-state index is -0.448. The number of rotatable bonds is 0. The first-order valence-corrected chi connectivity index (χ1v) is 4.44. The predicted molar refractivity (Wildman–Crippen MR) is 51.1 cm³/mol. The van der Waals surface area contributed by atoms with E-state index in [1.165, 1.54) is 0 Å². The molecule has 0 unspecified atom stereocenters. The Hall–Kier alpha value is 0.0200. The van der Waals surface area contributed by atoms with Crippen molar-refractivity contribution >= 4 is 34.8 Å². The minimum absolute atomic E-state index is 0.0853. The molecule has 0 aromatic heterocycles. The predicted octanol–water partition coefficient (Wildman–Crippen LogP) is 4.45. The van der Waals surface area contributed by atoms with Crippen LogP contribution in [0, 0.1) is 0 Å². The molecule has 12 heavy (non-hydrogen) atoms. The number of hydrogen-bond donors (Lipinski definition) is 0. The highest BCUT2D eigenvalue weighted by molar-refractivity contribution is 6.48. The standard InChI is InChI=1S/C8H6Cl3F/c1-4-2-3-5(12)7(10)8(11)6(4)9/h2H,3H2,1H3. The van der Waals surface area contributed by atoms with E-state index in [0.29, 0.717) is 5.03 Å². The summed E-state index contributed by atoms with van der Waals surface area (Å²) in [6, 6.07) is 0.